The molecule has 0 heterocycles. The van der Waals surface area contributed by atoms with E-state index in [1.807, 2.05) is 6.92 Å². The number of aliphatic carboxylic acids is 1. The number of hydrogen-bond donors (Lipinski definition) is 1. The Morgan fingerprint density at radius 3 is 2.53 bits per heavy atom. The second kappa shape index (κ2) is 6.59. The molecule has 1 atom stereocenters. The van der Waals surface area contributed by atoms with Crippen molar-refractivity contribution in [2.75, 3.05) is 0 Å². The molecule has 0 aliphatic rings. The van der Waals surface area contributed by atoms with Gasteiger partial charge in [-0.3, -0.25) is 4.79 Å². The summed E-state index contributed by atoms with van der Waals surface area (Å²) < 4.78 is 24.7. The van der Waals surface area contributed by atoms with E-state index in [1.54, 1.807) is 0 Å². The van der Waals surface area contributed by atoms with Gasteiger partial charge in [0, 0.05) is 5.02 Å². The van der Waals surface area contributed by atoms with Crippen molar-refractivity contribution in [2.45, 2.75) is 36.3 Å². The summed E-state index contributed by atoms with van der Waals surface area (Å²) in [5.74, 6) is -1.37. The van der Waals surface area contributed by atoms with Crippen molar-refractivity contribution in [3.63, 3.8) is 0 Å². The summed E-state index contributed by atoms with van der Waals surface area (Å²) >= 11 is 11.6. The average molecular weight is 325 g/mol. The third-order valence-electron chi connectivity index (χ3n) is 2.67. The fourth-order valence-corrected chi connectivity index (χ4v) is 4.01. The van der Waals surface area contributed by atoms with E-state index in [9.17, 15) is 13.2 Å². The molecule has 0 saturated carbocycles. The first-order valence-corrected chi connectivity index (χ1v) is 8.02. The molecule has 1 rings (SSSR count). The quantitative estimate of drug-likeness (QED) is 0.870. The van der Waals surface area contributed by atoms with Crippen LogP contribution in [0.1, 0.15) is 26.2 Å². The monoisotopic (exact) mass is 324 g/mol. The molecule has 1 unspecified atom stereocenters. The van der Waals surface area contributed by atoms with Gasteiger partial charge >= 0.3 is 5.97 Å². The van der Waals surface area contributed by atoms with Crippen LogP contribution in [0.15, 0.2) is 23.1 Å². The first-order valence-electron chi connectivity index (χ1n) is 5.72. The zero-order valence-electron chi connectivity index (χ0n) is 10.3. The third kappa shape index (κ3) is 3.84. The van der Waals surface area contributed by atoms with Crippen LogP contribution < -0.4 is 0 Å². The van der Waals surface area contributed by atoms with Crippen LogP contribution in [-0.4, -0.2) is 24.7 Å². The number of hydrogen-bond acceptors (Lipinski definition) is 3. The van der Waals surface area contributed by atoms with Crippen molar-refractivity contribution in [1.29, 1.82) is 0 Å². The number of carboxylic acid groups (broad SMARTS) is 1. The molecular weight excluding hydrogens is 311 g/mol. The largest absolute Gasteiger partial charge is 0.480 e. The van der Waals surface area contributed by atoms with Crippen molar-refractivity contribution in [3.8, 4) is 0 Å². The molecule has 0 spiro atoms. The maximum absolute atomic E-state index is 12.3. The first-order chi connectivity index (χ1) is 8.80. The zero-order valence-corrected chi connectivity index (χ0v) is 12.6. The predicted octanol–water partition coefficient (Wildman–Crippen LogP) is 3.41. The molecule has 1 aromatic carbocycles. The lowest BCUT2D eigenvalue weighted by Crippen LogP contribution is -2.30. The number of benzene rings is 1. The van der Waals surface area contributed by atoms with E-state index in [2.05, 4.69) is 0 Å². The maximum Gasteiger partial charge on any atom is 0.322 e. The molecule has 1 N–H and O–H groups in total. The van der Waals surface area contributed by atoms with E-state index >= 15 is 0 Å². The smallest absolute Gasteiger partial charge is 0.322 e. The van der Waals surface area contributed by atoms with E-state index < -0.39 is 21.1 Å². The Bertz CT molecular complexity index is 569. The Morgan fingerprint density at radius 2 is 2.00 bits per heavy atom. The van der Waals surface area contributed by atoms with Crippen LogP contribution in [0.25, 0.3) is 0 Å². The van der Waals surface area contributed by atoms with Gasteiger partial charge in [-0.15, -0.1) is 0 Å². The molecule has 0 bridgehead atoms. The normalized spacial score (nSPS) is 13.2. The van der Waals surface area contributed by atoms with Crippen LogP contribution in [0.4, 0.5) is 0 Å². The molecular formula is C12H14Cl2O4S. The molecule has 0 aliphatic carbocycles. The fourth-order valence-electron chi connectivity index (χ4n) is 1.65. The van der Waals surface area contributed by atoms with Gasteiger partial charge in [0.2, 0.25) is 0 Å². The summed E-state index contributed by atoms with van der Waals surface area (Å²) in [5, 5.41) is 7.78. The van der Waals surface area contributed by atoms with E-state index in [0.29, 0.717) is 12.8 Å². The lowest BCUT2D eigenvalue weighted by Gasteiger charge is -2.14. The van der Waals surface area contributed by atoms with Crippen LogP contribution in [0.2, 0.25) is 10.0 Å². The highest BCUT2D eigenvalue weighted by molar-refractivity contribution is 7.93. The van der Waals surface area contributed by atoms with E-state index in [4.69, 9.17) is 28.3 Å². The first kappa shape index (κ1) is 16.3. The van der Waals surface area contributed by atoms with Crippen molar-refractivity contribution in [3.05, 3.63) is 28.2 Å². The number of carbonyl (C=O) groups is 1. The van der Waals surface area contributed by atoms with Crippen LogP contribution in [0.3, 0.4) is 0 Å². The van der Waals surface area contributed by atoms with Crippen molar-refractivity contribution < 1.29 is 18.3 Å². The van der Waals surface area contributed by atoms with Gasteiger partial charge in [0.25, 0.3) is 0 Å². The molecule has 0 radical (unpaired) electrons. The van der Waals surface area contributed by atoms with E-state index in [0.717, 1.165) is 0 Å². The molecule has 7 heteroatoms. The van der Waals surface area contributed by atoms with Gasteiger partial charge in [-0.25, -0.2) is 8.42 Å². The zero-order chi connectivity index (χ0) is 14.6. The molecule has 106 valence electrons. The topological polar surface area (TPSA) is 71.4 Å². The summed E-state index contributed by atoms with van der Waals surface area (Å²) in [6.07, 6.45) is 1.27. The number of halogens is 2. The minimum absolute atomic E-state index is 0.0212. The van der Waals surface area contributed by atoms with E-state index in [-0.39, 0.29) is 21.4 Å². The van der Waals surface area contributed by atoms with Crippen molar-refractivity contribution in [1.82, 2.24) is 0 Å². The summed E-state index contributed by atoms with van der Waals surface area (Å²) in [6, 6.07) is 3.97. The highest BCUT2D eigenvalue weighted by atomic mass is 35.5. The van der Waals surface area contributed by atoms with Crippen molar-refractivity contribution in [2.24, 2.45) is 0 Å². The standard InChI is InChI=1S/C12H14Cl2O4S/c1-2-3-4-10(12(15)16)19(17,18)11-7-8(13)5-6-9(11)14/h5-7,10H,2-4H2,1H3,(H,15,16). The summed E-state index contributed by atoms with van der Waals surface area (Å²) in [7, 11) is -4.04. The molecule has 0 saturated heterocycles. The Morgan fingerprint density at radius 1 is 1.37 bits per heavy atom. The molecule has 19 heavy (non-hydrogen) atoms. The summed E-state index contributed by atoms with van der Waals surface area (Å²) in [6.45, 7) is 1.86. The average Bonchev–Trinajstić information content (AvgIpc) is 2.32. The van der Waals surface area contributed by atoms with Crippen molar-refractivity contribution >= 4 is 39.0 Å². The van der Waals surface area contributed by atoms with Gasteiger partial charge < -0.3 is 5.11 Å². The molecule has 0 aromatic heterocycles. The van der Waals surface area contributed by atoms with Gasteiger partial charge in [-0.1, -0.05) is 43.0 Å². The van der Waals surface area contributed by atoms with E-state index in [1.165, 1.54) is 18.2 Å². The predicted molar refractivity (Wildman–Crippen MR) is 74.6 cm³/mol. The van der Waals surface area contributed by atoms with Crippen LogP contribution in [-0.2, 0) is 14.6 Å². The maximum atomic E-state index is 12.3. The Kier molecular flexibility index (Phi) is 5.64. The summed E-state index contributed by atoms with van der Waals surface area (Å²) in [4.78, 5) is 10.9. The van der Waals surface area contributed by atoms with Gasteiger partial charge in [0.05, 0.1) is 9.92 Å². The molecule has 0 amide bonds. The molecule has 1 aromatic rings. The number of unbranched alkanes of at least 4 members (excludes halogenated alkanes) is 1. The van der Waals surface area contributed by atoms with Crippen LogP contribution in [0.5, 0.6) is 0 Å². The number of carboxylic acids is 1. The fraction of sp³-hybridized carbons (Fsp3) is 0.417. The SMILES string of the molecule is CCCCC(C(=O)O)S(=O)(=O)c1cc(Cl)ccc1Cl. The highest BCUT2D eigenvalue weighted by Gasteiger charge is 2.34. The minimum atomic E-state index is -4.04. The second-order valence-corrected chi connectivity index (χ2v) is 7.03. The third-order valence-corrected chi connectivity index (χ3v) is 5.48. The summed E-state index contributed by atoms with van der Waals surface area (Å²) in [5.41, 5.74) is 0. The molecule has 0 fully saturated rings. The second-order valence-electron chi connectivity index (χ2n) is 4.09. The number of sulfone groups is 1. The molecule has 4 nitrogen and oxygen atoms in total. The van der Waals surface area contributed by atoms with Gasteiger partial charge in [0.15, 0.2) is 15.1 Å². The van der Waals surface area contributed by atoms with Crippen LogP contribution in [0, 0.1) is 0 Å². The Balaban J connectivity index is 3.26. The van der Waals surface area contributed by atoms with Gasteiger partial charge in [0.1, 0.15) is 0 Å². The lowest BCUT2D eigenvalue weighted by molar-refractivity contribution is -0.136. The number of rotatable bonds is 6. The van der Waals surface area contributed by atoms with Gasteiger partial charge in [-0.2, -0.15) is 0 Å². The van der Waals surface area contributed by atoms with Gasteiger partial charge in [-0.05, 0) is 24.6 Å². The van der Waals surface area contributed by atoms with Crippen LogP contribution >= 0.6 is 23.2 Å². The minimum Gasteiger partial charge on any atom is -0.480 e. The Hall–Kier alpha value is -0.780. The molecule has 0 aliphatic heterocycles. The Labute approximate surface area is 122 Å². The lowest BCUT2D eigenvalue weighted by atomic mass is 10.2. The highest BCUT2D eigenvalue weighted by Crippen LogP contribution is 2.29.